The largest absolute Gasteiger partial charge is 0.490 e. The molecule has 0 aliphatic heterocycles. The van der Waals surface area contributed by atoms with E-state index in [-0.39, 0.29) is 0 Å². The topological polar surface area (TPSA) is 35.1 Å². The molecule has 0 aromatic heterocycles. The Balaban J connectivity index is 1.66. The zero-order chi connectivity index (χ0) is 19.8. The molecule has 0 fully saturated rings. The first-order valence-corrected chi connectivity index (χ1v) is 10.0. The Kier molecular flexibility index (Phi) is 7.35. The Morgan fingerprint density at radius 2 is 1.54 bits per heavy atom. The van der Waals surface area contributed by atoms with Gasteiger partial charge in [-0.2, -0.15) is 0 Å². The number of nitrogens with two attached hydrogens (primary N) is 1. The summed E-state index contributed by atoms with van der Waals surface area (Å²) in [5.41, 5.74) is 4.80. The highest BCUT2D eigenvalue weighted by Crippen LogP contribution is 2.37. The number of benzene rings is 3. The first kappa shape index (κ1) is 20.2. The van der Waals surface area contributed by atoms with Crippen LogP contribution in [0.1, 0.15) is 29.2 Å². The van der Waals surface area contributed by atoms with Crippen LogP contribution in [0.5, 0.6) is 11.5 Å². The van der Waals surface area contributed by atoms with Crippen LogP contribution in [0, 0.1) is 6.92 Å². The summed E-state index contributed by atoms with van der Waals surface area (Å²) in [5, 5.41) is 2.84. The number of ether oxygens (including phenoxy) is 2. The van der Waals surface area contributed by atoms with Crippen LogP contribution in [-0.2, 0) is 19.7 Å². The predicted molar refractivity (Wildman–Crippen MR) is 114 cm³/mol. The average molecular weight is 397 g/mol. The van der Waals surface area contributed by atoms with Gasteiger partial charge in [0, 0.05) is 11.1 Å². The molecule has 0 radical (unpaired) electrons. The van der Waals surface area contributed by atoms with E-state index < -0.39 is 0 Å². The van der Waals surface area contributed by atoms with Gasteiger partial charge < -0.3 is 14.8 Å². The number of rotatable bonds is 9. The van der Waals surface area contributed by atoms with Gasteiger partial charge in [-0.25, -0.2) is 0 Å². The van der Waals surface area contributed by atoms with Gasteiger partial charge in [0.1, 0.15) is 19.7 Å². The standard InChI is InChI=1S/C24H26ClNO2/c1-3-27-23-14-21(16-26-15-19-11-9-18(2)10-12-19)13-22(25)24(23)28-17-20-7-5-4-6-8-20/h4-14,26H,3,15-17H2,1-2H3/p+1. The van der Waals surface area contributed by atoms with Gasteiger partial charge in [-0.15, -0.1) is 0 Å². The van der Waals surface area contributed by atoms with Crippen molar-refractivity contribution >= 4 is 11.6 Å². The van der Waals surface area contributed by atoms with E-state index >= 15 is 0 Å². The van der Waals surface area contributed by atoms with Crippen LogP contribution in [0.3, 0.4) is 0 Å². The SMILES string of the molecule is CCOc1cc(C[NH2+]Cc2ccc(C)cc2)cc(Cl)c1OCc1ccccc1. The molecule has 0 unspecified atom stereocenters. The molecule has 0 atom stereocenters. The Hall–Kier alpha value is -2.49. The van der Waals surface area contributed by atoms with E-state index in [2.05, 4.69) is 36.5 Å². The lowest BCUT2D eigenvalue weighted by atomic mass is 10.1. The van der Waals surface area contributed by atoms with Crippen LogP contribution in [0.2, 0.25) is 5.02 Å². The molecule has 3 rings (SSSR count). The van der Waals surface area contributed by atoms with E-state index in [1.165, 1.54) is 11.1 Å². The van der Waals surface area contributed by atoms with E-state index in [1.807, 2.05) is 49.4 Å². The molecule has 3 aromatic carbocycles. The third-order valence-electron chi connectivity index (χ3n) is 4.48. The summed E-state index contributed by atoms with van der Waals surface area (Å²) in [6.45, 7) is 6.84. The molecule has 3 nitrogen and oxygen atoms in total. The van der Waals surface area contributed by atoms with Gasteiger partial charge in [0.15, 0.2) is 11.5 Å². The van der Waals surface area contributed by atoms with Crippen LogP contribution in [0.4, 0.5) is 0 Å². The van der Waals surface area contributed by atoms with E-state index in [1.54, 1.807) is 0 Å². The molecular weight excluding hydrogens is 370 g/mol. The Morgan fingerprint density at radius 3 is 2.25 bits per heavy atom. The molecule has 0 spiro atoms. The first-order chi connectivity index (χ1) is 13.7. The molecule has 3 aromatic rings. The quantitative estimate of drug-likeness (QED) is 0.558. The monoisotopic (exact) mass is 396 g/mol. The molecular formula is C24H27ClNO2+. The number of hydrogen-bond donors (Lipinski definition) is 1. The van der Waals surface area contributed by atoms with Gasteiger partial charge in [0.2, 0.25) is 0 Å². The lowest BCUT2D eigenvalue weighted by molar-refractivity contribution is -0.686. The number of aryl methyl sites for hydroxylation is 1. The highest BCUT2D eigenvalue weighted by atomic mass is 35.5. The molecule has 0 saturated heterocycles. The molecule has 0 aliphatic carbocycles. The summed E-state index contributed by atoms with van der Waals surface area (Å²) in [6, 6.07) is 22.7. The number of quaternary nitrogens is 1. The summed E-state index contributed by atoms with van der Waals surface area (Å²) in [6.07, 6.45) is 0. The van der Waals surface area contributed by atoms with Gasteiger partial charge in [-0.1, -0.05) is 71.8 Å². The van der Waals surface area contributed by atoms with E-state index in [0.29, 0.717) is 29.7 Å². The van der Waals surface area contributed by atoms with Crippen molar-refractivity contribution in [2.75, 3.05) is 6.61 Å². The molecule has 0 aliphatic rings. The minimum absolute atomic E-state index is 0.458. The molecule has 0 amide bonds. The minimum Gasteiger partial charge on any atom is -0.490 e. The van der Waals surface area contributed by atoms with Crippen LogP contribution in [0.25, 0.3) is 0 Å². The summed E-state index contributed by atoms with van der Waals surface area (Å²) in [5.74, 6) is 1.30. The number of hydrogen-bond acceptors (Lipinski definition) is 2. The van der Waals surface area contributed by atoms with Crippen LogP contribution >= 0.6 is 11.6 Å². The fourth-order valence-corrected chi connectivity index (χ4v) is 3.29. The smallest absolute Gasteiger partial charge is 0.180 e. The second kappa shape index (κ2) is 10.2. The lowest BCUT2D eigenvalue weighted by Gasteiger charge is -2.15. The van der Waals surface area contributed by atoms with Crippen molar-refractivity contribution < 1.29 is 14.8 Å². The third kappa shape index (κ3) is 5.75. The summed E-state index contributed by atoms with van der Waals surface area (Å²) < 4.78 is 11.8. The molecule has 0 bridgehead atoms. The lowest BCUT2D eigenvalue weighted by Crippen LogP contribution is -2.80. The van der Waals surface area contributed by atoms with Crippen molar-refractivity contribution in [2.24, 2.45) is 0 Å². The molecule has 146 valence electrons. The Labute approximate surface area is 172 Å². The average Bonchev–Trinajstić information content (AvgIpc) is 2.70. The van der Waals surface area contributed by atoms with Crippen molar-refractivity contribution in [3.8, 4) is 11.5 Å². The van der Waals surface area contributed by atoms with E-state index in [4.69, 9.17) is 21.1 Å². The van der Waals surface area contributed by atoms with Gasteiger partial charge in [0.25, 0.3) is 0 Å². The zero-order valence-electron chi connectivity index (χ0n) is 16.5. The summed E-state index contributed by atoms with van der Waals surface area (Å²) in [4.78, 5) is 0. The van der Waals surface area contributed by atoms with Crippen molar-refractivity contribution in [3.63, 3.8) is 0 Å². The maximum Gasteiger partial charge on any atom is 0.180 e. The zero-order valence-corrected chi connectivity index (χ0v) is 17.2. The van der Waals surface area contributed by atoms with Gasteiger partial charge in [-0.3, -0.25) is 0 Å². The fourth-order valence-electron chi connectivity index (χ4n) is 3.00. The van der Waals surface area contributed by atoms with Gasteiger partial charge in [-0.05, 0) is 31.5 Å². The highest BCUT2D eigenvalue weighted by Gasteiger charge is 2.14. The molecule has 0 saturated carbocycles. The third-order valence-corrected chi connectivity index (χ3v) is 4.76. The fraction of sp³-hybridized carbons (Fsp3) is 0.250. The second-order valence-corrected chi connectivity index (χ2v) is 7.20. The Bertz CT molecular complexity index is 879. The van der Waals surface area contributed by atoms with E-state index in [0.717, 1.165) is 24.2 Å². The molecule has 0 heterocycles. The number of halogens is 1. The first-order valence-electron chi connectivity index (χ1n) is 9.65. The van der Waals surface area contributed by atoms with Gasteiger partial charge >= 0.3 is 0 Å². The molecule has 2 N–H and O–H groups in total. The molecule has 28 heavy (non-hydrogen) atoms. The maximum atomic E-state index is 6.53. The Morgan fingerprint density at radius 1 is 0.821 bits per heavy atom. The second-order valence-electron chi connectivity index (χ2n) is 6.79. The summed E-state index contributed by atoms with van der Waals surface area (Å²) in [7, 11) is 0. The predicted octanol–water partition coefficient (Wildman–Crippen LogP) is 4.89. The van der Waals surface area contributed by atoms with Crippen LogP contribution < -0.4 is 14.8 Å². The van der Waals surface area contributed by atoms with Crippen molar-refractivity contribution in [2.45, 2.75) is 33.5 Å². The maximum absolute atomic E-state index is 6.53. The normalized spacial score (nSPS) is 10.7. The van der Waals surface area contributed by atoms with Crippen LogP contribution in [-0.4, -0.2) is 6.61 Å². The highest BCUT2D eigenvalue weighted by molar-refractivity contribution is 6.32. The molecule has 4 heteroatoms. The summed E-state index contributed by atoms with van der Waals surface area (Å²) >= 11 is 6.53. The van der Waals surface area contributed by atoms with Crippen molar-refractivity contribution in [1.29, 1.82) is 0 Å². The van der Waals surface area contributed by atoms with E-state index in [9.17, 15) is 0 Å². The van der Waals surface area contributed by atoms with Gasteiger partial charge in [0.05, 0.1) is 11.6 Å². The van der Waals surface area contributed by atoms with Crippen molar-refractivity contribution in [3.05, 3.63) is 94.0 Å². The minimum atomic E-state index is 0.458. The van der Waals surface area contributed by atoms with Crippen LogP contribution in [0.15, 0.2) is 66.7 Å². The van der Waals surface area contributed by atoms with Crippen molar-refractivity contribution in [1.82, 2.24) is 0 Å².